The predicted octanol–water partition coefficient (Wildman–Crippen LogP) is 3.62. The van der Waals surface area contributed by atoms with Crippen molar-refractivity contribution in [2.75, 3.05) is 32.6 Å². The summed E-state index contributed by atoms with van der Waals surface area (Å²) >= 11 is 0. The fourth-order valence-electron chi connectivity index (χ4n) is 0.914. The Morgan fingerprint density at radius 2 is 1.70 bits per heavy atom. The molecule has 0 bridgehead atoms. The number of esters is 1. The van der Waals surface area contributed by atoms with Gasteiger partial charge in [-0.1, -0.05) is 42.4 Å². The smallest absolute Gasteiger partial charge is 0.325 e. The van der Waals surface area contributed by atoms with Crippen molar-refractivity contribution in [2.45, 2.75) is 58.8 Å². The molecule has 0 aliphatic rings. The summed E-state index contributed by atoms with van der Waals surface area (Å²) < 4.78 is 9.93. The van der Waals surface area contributed by atoms with Crippen molar-refractivity contribution in [1.82, 2.24) is 4.90 Å². The van der Waals surface area contributed by atoms with E-state index in [1.165, 1.54) is 4.90 Å². The predicted molar refractivity (Wildman–Crippen MR) is 101 cm³/mol. The lowest BCUT2D eigenvalue weighted by molar-refractivity contribution is -0.146. The average Bonchev–Trinajstić information content (AvgIpc) is 2.41. The summed E-state index contributed by atoms with van der Waals surface area (Å²) in [4.78, 5) is 23.3. The number of amides is 1. The van der Waals surface area contributed by atoms with E-state index in [0.29, 0.717) is 19.6 Å². The largest absolute Gasteiger partial charge is 0.465 e. The first-order valence-electron chi connectivity index (χ1n) is 7.66. The van der Waals surface area contributed by atoms with E-state index in [-0.39, 0.29) is 22.9 Å². The highest BCUT2D eigenvalue weighted by molar-refractivity contribution is 8.77. The van der Waals surface area contributed by atoms with Gasteiger partial charge in [0.05, 0.1) is 12.2 Å². The third kappa shape index (κ3) is 21.6. The Balaban J connectivity index is 0. The second kappa shape index (κ2) is 13.0. The van der Waals surface area contributed by atoms with Gasteiger partial charge in [-0.25, -0.2) is 0 Å². The summed E-state index contributed by atoms with van der Waals surface area (Å²) in [7, 11) is 5.19. The van der Waals surface area contributed by atoms with Crippen LogP contribution in [0.2, 0.25) is 0 Å². The maximum atomic E-state index is 11.2. The minimum Gasteiger partial charge on any atom is -0.465 e. The number of methoxy groups -OCH3 is 1. The molecule has 0 aromatic carbocycles. The molecule has 7 heteroatoms. The van der Waals surface area contributed by atoms with E-state index in [4.69, 9.17) is 9.47 Å². The standard InChI is InChI=1S/C11H21NO3S2.C5H12O/c1-5-15-10(14)8-12(9-13)6-7-16-17-11(2,3)4;1-5(2,3)6-4/h9H,5-8H2,1-4H3;1-4H3. The third-order valence-corrected chi connectivity index (χ3v) is 5.49. The van der Waals surface area contributed by atoms with Gasteiger partial charge in [-0.15, -0.1) is 0 Å². The number of hydrogen-bond acceptors (Lipinski definition) is 6. The van der Waals surface area contributed by atoms with Crippen LogP contribution in [0.25, 0.3) is 0 Å². The van der Waals surface area contributed by atoms with Crippen molar-refractivity contribution in [2.24, 2.45) is 0 Å². The second-order valence-corrected chi connectivity index (χ2v) is 9.96. The summed E-state index contributed by atoms with van der Waals surface area (Å²) in [6, 6.07) is 0. The summed E-state index contributed by atoms with van der Waals surface area (Å²) in [5.41, 5.74) is 0.0417. The molecule has 0 aliphatic heterocycles. The zero-order valence-corrected chi connectivity index (χ0v) is 17.4. The number of carbonyl (C=O) groups excluding carboxylic acids is 2. The maximum Gasteiger partial charge on any atom is 0.325 e. The Morgan fingerprint density at radius 3 is 2.04 bits per heavy atom. The van der Waals surface area contributed by atoms with Gasteiger partial charge in [0.25, 0.3) is 0 Å². The van der Waals surface area contributed by atoms with Crippen LogP contribution in [0.3, 0.4) is 0 Å². The highest BCUT2D eigenvalue weighted by Crippen LogP contribution is 2.34. The molecule has 23 heavy (non-hydrogen) atoms. The monoisotopic (exact) mass is 367 g/mol. The van der Waals surface area contributed by atoms with Crippen molar-refractivity contribution < 1.29 is 19.1 Å². The molecular weight excluding hydrogens is 334 g/mol. The molecular formula is C16H33NO4S2. The minimum absolute atomic E-state index is 0.0398. The van der Waals surface area contributed by atoms with Gasteiger partial charge in [0.15, 0.2) is 0 Å². The summed E-state index contributed by atoms with van der Waals surface area (Å²) in [5.74, 6) is 0.452. The summed E-state index contributed by atoms with van der Waals surface area (Å²) in [6.45, 7) is 15.2. The molecule has 0 rings (SSSR count). The average molecular weight is 368 g/mol. The van der Waals surface area contributed by atoms with Crippen LogP contribution in [0.4, 0.5) is 0 Å². The Labute approximate surface area is 149 Å². The van der Waals surface area contributed by atoms with E-state index in [1.807, 2.05) is 20.8 Å². The molecule has 0 spiro atoms. The molecule has 0 atom stereocenters. The minimum atomic E-state index is -0.354. The van der Waals surface area contributed by atoms with E-state index in [9.17, 15) is 9.59 Å². The van der Waals surface area contributed by atoms with Gasteiger partial charge in [-0.05, 0) is 27.7 Å². The summed E-state index contributed by atoms with van der Waals surface area (Å²) in [6.07, 6.45) is 0.694. The lowest BCUT2D eigenvalue weighted by Crippen LogP contribution is -2.31. The van der Waals surface area contributed by atoms with E-state index < -0.39 is 0 Å². The molecule has 5 nitrogen and oxygen atoms in total. The van der Waals surface area contributed by atoms with Gasteiger partial charge < -0.3 is 14.4 Å². The van der Waals surface area contributed by atoms with Crippen LogP contribution in [0, 0.1) is 0 Å². The van der Waals surface area contributed by atoms with E-state index in [1.54, 1.807) is 35.6 Å². The summed E-state index contributed by atoms with van der Waals surface area (Å²) in [5, 5.41) is 0. The van der Waals surface area contributed by atoms with Gasteiger partial charge in [-0.2, -0.15) is 0 Å². The molecule has 0 aromatic heterocycles. The zero-order valence-electron chi connectivity index (χ0n) is 15.8. The fraction of sp³-hybridized carbons (Fsp3) is 0.875. The molecule has 0 N–H and O–H groups in total. The van der Waals surface area contributed by atoms with Crippen LogP contribution < -0.4 is 0 Å². The Morgan fingerprint density at radius 1 is 1.17 bits per heavy atom. The van der Waals surface area contributed by atoms with Crippen LogP contribution in [-0.4, -0.2) is 60.2 Å². The Kier molecular flexibility index (Phi) is 14.0. The first-order valence-corrected chi connectivity index (χ1v) is 9.97. The first-order chi connectivity index (χ1) is 10.4. The Hall–Kier alpha value is -0.400. The fourth-order valence-corrected chi connectivity index (χ4v) is 3.19. The van der Waals surface area contributed by atoms with Crippen molar-refractivity contribution in [1.29, 1.82) is 0 Å². The van der Waals surface area contributed by atoms with Gasteiger partial charge in [0.2, 0.25) is 6.41 Å². The van der Waals surface area contributed by atoms with Crippen molar-refractivity contribution in [3.8, 4) is 0 Å². The number of rotatable bonds is 8. The van der Waals surface area contributed by atoms with Gasteiger partial charge in [-0.3, -0.25) is 9.59 Å². The molecule has 0 saturated heterocycles. The van der Waals surface area contributed by atoms with Crippen LogP contribution in [0.1, 0.15) is 48.5 Å². The van der Waals surface area contributed by atoms with Crippen molar-refractivity contribution in [3.63, 3.8) is 0 Å². The van der Waals surface area contributed by atoms with Crippen LogP contribution in [0.5, 0.6) is 0 Å². The molecule has 0 aliphatic carbocycles. The quantitative estimate of drug-likeness (QED) is 0.283. The maximum absolute atomic E-state index is 11.2. The van der Waals surface area contributed by atoms with E-state index in [0.717, 1.165) is 5.75 Å². The molecule has 1 amide bonds. The highest BCUT2D eigenvalue weighted by atomic mass is 33.1. The SMILES string of the molecule is CCOC(=O)CN(C=O)CCSSC(C)(C)C.COC(C)(C)C. The molecule has 0 heterocycles. The molecule has 0 unspecified atom stereocenters. The molecule has 0 radical (unpaired) electrons. The van der Waals surface area contributed by atoms with Crippen LogP contribution in [0.15, 0.2) is 0 Å². The van der Waals surface area contributed by atoms with Crippen molar-refractivity contribution in [3.05, 3.63) is 0 Å². The lowest BCUT2D eigenvalue weighted by Gasteiger charge is -2.19. The van der Waals surface area contributed by atoms with Gasteiger partial charge in [0.1, 0.15) is 6.54 Å². The molecule has 138 valence electrons. The highest BCUT2D eigenvalue weighted by Gasteiger charge is 2.12. The molecule has 0 fully saturated rings. The molecule has 0 aromatic rings. The number of ether oxygens (including phenoxy) is 2. The Bertz CT molecular complexity index is 325. The van der Waals surface area contributed by atoms with E-state index in [2.05, 4.69) is 20.8 Å². The second-order valence-electron chi connectivity index (χ2n) is 6.72. The van der Waals surface area contributed by atoms with Crippen molar-refractivity contribution >= 4 is 34.0 Å². The number of hydrogen-bond donors (Lipinski definition) is 0. The normalized spacial score (nSPS) is 11.3. The van der Waals surface area contributed by atoms with Crippen LogP contribution in [-0.2, 0) is 19.1 Å². The van der Waals surface area contributed by atoms with Crippen LogP contribution >= 0.6 is 21.6 Å². The van der Waals surface area contributed by atoms with E-state index >= 15 is 0 Å². The third-order valence-electron chi connectivity index (χ3n) is 2.17. The first kappa shape index (κ1) is 24.8. The molecule has 0 saturated carbocycles. The topological polar surface area (TPSA) is 55.8 Å². The lowest BCUT2D eigenvalue weighted by atomic mass is 10.2. The van der Waals surface area contributed by atoms with Gasteiger partial charge in [0, 0.05) is 24.2 Å². The number of nitrogens with zero attached hydrogens (tertiary/aromatic N) is 1. The number of carbonyl (C=O) groups is 2. The van der Waals surface area contributed by atoms with Gasteiger partial charge >= 0.3 is 5.97 Å². The zero-order chi connectivity index (χ0) is 18.5.